The summed E-state index contributed by atoms with van der Waals surface area (Å²) >= 11 is 2.83. The monoisotopic (exact) mass is 384 g/mol. The van der Waals surface area contributed by atoms with Gasteiger partial charge in [-0.05, 0) is 31.5 Å². The van der Waals surface area contributed by atoms with Crippen molar-refractivity contribution in [3.8, 4) is 0 Å². The smallest absolute Gasteiger partial charge is 0.230 e. The molecule has 1 amide bonds. The number of aromatic nitrogens is 2. The Morgan fingerprint density at radius 2 is 1.85 bits per heavy atom. The third-order valence-electron chi connectivity index (χ3n) is 3.71. The first kappa shape index (κ1) is 18.4. The Labute approximate surface area is 161 Å². The van der Waals surface area contributed by atoms with Crippen LogP contribution in [0.3, 0.4) is 0 Å². The molecule has 0 unspecified atom stereocenters. The zero-order valence-electron chi connectivity index (χ0n) is 14.6. The molecule has 3 rings (SSSR count). The van der Waals surface area contributed by atoms with E-state index in [1.807, 2.05) is 68.4 Å². The van der Waals surface area contributed by atoms with E-state index in [2.05, 4.69) is 20.8 Å². The number of nitrogens with zero attached hydrogens (tertiary/aromatic N) is 2. The van der Waals surface area contributed by atoms with E-state index >= 15 is 0 Å². The first-order chi connectivity index (χ1) is 12.6. The molecule has 2 aromatic carbocycles. The molecule has 134 valence electrons. The van der Waals surface area contributed by atoms with Crippen LogP contribution >= 0.6 is 23.1 Å². The van der Waals surface area contributed by atoms with Gasteiger partial charge in [0.05, 0.1) is 11.8 Å². The lowest BCUT2D eigenvalue weighted by Gasteiger charge is -2.13. The minimum atomic E-state index is -0.0189. The van der Waals surface area contributed by atoms with E-state index in [4.69, 9.17) is 0 Å². The minimum Gasteiger partial charge on any atom is -0.349 e. The van der Waals surface area contributed by atoms with Crippen LogP contribution in [-0.2, 0) is 4.79 Å². The van der Waals surface area contributed by atoms with Gasteiger partial charge in [0.15, 0.2) is 4.34 Å². The van der Waals surface area contributed by atoms with Crippen LogP contribution in [0.15, 0.2) is 58.9 Å². The summed E-state index contributed by atoms with van der Waals surface area (Å²) in [6.45, 7) is 4.03. The number of rotatable bonds is 7. The number of carbonyl (C=O) groups excluding carboxylic acids is 1. The number of aryl methyl sites for hydroxylation is 1. The molecular weight excluding hydrogens is 364 g/mol. The topological polar surface area (TPSA) is 66.9 Å². The average molecular weight is 385 g/mol. The van der Waals surface area contributed by atoms with Gasteiger partial charge in [-0.25, -0.2) is 0 Å². The Kier molecular flexibility index (Phi) is 6.25. The average Bonchev–Trinajstić information content (AvgIpc) is 3.10. The maximum absolute atomic E-state index is 12.1. The van der Waals surface area contributed by atoms with E-state index in [1.165, 1.54) is 28.7 Å². The van der Waals surface area contributed by atoms with Crippen molar-refractivity contribution in [1.82, 2.24) is 15.5 Å². The Hall–Kier alpha value is -2.38. The highest BCUT2D eigenvalue weighted by Gasteiger charge is 2.11. The van der Waals surface area contributed by atoms with Gasteiger partial charge in [0, 0.05) is 5.69 Å². The molecule has 0 spiro atoms. The second kappa shape index (κ2) is 8.82. The lowest BCUT2D eigenvalue weighted by atomic mass is 10.1. The summed E-state index contributed by atoms with van der Waals surface area (Å²) in [7, 11) is 0. The lowest BCUT2D eigenvalue weighted by Crippen LogP contribution is -2.28. The lowest BCUT2D eigenvalue weighted by molar-refractivity contribution is -0.119. The van der Waals surface area contributed by atoms with Crippen LogP contribution in [0.2, 0.25) is 0 Å². The largest absolute Gasteiger partial charge is 0.349 e. The van der Waals surface area contributed by atoms with Crippen molar-refractivity contribution in [2.45, 2.75) is 24.2 Å². The second-order valence-corrected chi connectivity index (χ2v) is 8.05. The minimum absolute atomic E-state index is 0.0162. The van der Waals surface area contributed by atoms with Crippen LogP contribution in [0, 0.1) is 6.92 Å². The van der Waals surface area contributed by atoms with E-state index in [-0.39, 0.29) is 11.9 Å². The summed E-state index contributed by atoms with van der Waals surface area (Å²) in [5.74, 6) is 0.297. The van der Waals surface area contributed by atoms with Crippen molar-refractivity contribution in [3.63, 3.8) is 0 Å². The summed E-state index contributed by atoms with van der Waals surface area (Å²) in [4.78, 5) is 12.1. The van der Waals surface area contributed by atoms with Crippen molar-refractivity contribution in [2.24, 2.45) is 0 Å². The van der Waals surface area contributed by atoms with E-state index in [1.54, 1.807) is 0 Å². The van der Waals surface area contributed by atoms with Gasteiger partial charge < -0.3 is 10.6 Å². The van der Waals surface area contributed by atoms with Crippen molar-refractivity contribution in [2.75, 3.05) is 11.1 Å². The summed E-state index contributed by atoms with van der Waals surface area (Å²) in [6.07, 6.45) is 0. The molecule has 0 bridgehead atoms. The van der Waals surface area contributed by atoms with Crippen LogP contribution < -0.4 is 10.6 Å². The number of benzene rings is 2. The van der Waals surface area contributed by atoms with E-state index in [9.17, 15) is 4.79 Å². The first-order valence-electron chi connectivity index (χ1n) is 8.24. The molecule has 2 N–H and O–H groups in total. The molecule has 0 fully saturated rings. The number of amides is 1. The predicted octanol–water partition coefficient (Wildman–Crippen LogP) is 4.56. The van der Waals surface area contributed by atoms with Crippen LogP contribution in [0.4, 0.5) is 10.8 Å². The molecule has 1 heterocycles. The molecule has 0 radical (unpaired) electrons. The number of nitrogens with one attached hydrogen (secondary N) is 2. The van der Waals surface area contributed by atoms with Crippen LogP contribution in [0.1, 0.15) is 24.1 Å². The predicted molar refractivity (Wildman–Crippen MR) is 108 cm³/mol. The fourth-order valence-corrected chi connectivity index (χ4v) is 3.90. The Morgan fingerprint density at radius 1 is 1.12 bits per heavy atom. The Morgan fingerprint density at radius 3 is 2.58 bits per heavy atom. The third-order valence-corrected chi connectivity index (χ3v) is 5.69. The SMILES string of the molecule is Cc1ccc(Nc2nnc(SCC(=O)N[C@H](C)c3ccccc3)s2)cc1. The summed E-state index contributed by atoms with van der Waals surface area (Å²) < 4.78 is 0.766. The van der Waals surface area contributed by atoms with Gasteiger partial charge in [-0.15, -0.1) is 10.2 Å². The maximum atomic E-state index is 12.1. The summed E-state index contributed by atoms with van der Waals surface area (Å²) in [5, 5.41) is 15.2. The maximum Gasteiger partial charge on any atom is 0.230 e. The van der Waals surface area contributed by atoms with Gasteiger partial charge in [-0.1, -0.05) is 71.1 Å². The zero-order chi connectivity index (χ0) is 18.4. The van der Waals surface area contributed by atoms with Gasteiger partial charge in [0.2, 0.25) is 11.0 Å². The van der Waals surface area contributed by atoms with Gasteiger partial charge in [-0.3, -0.25) is 4.79 Å². The van der Waals surface area contributed by atoms with Crippen molar-refractivity contribution in [3.05, 3.63) is 65.7 Å². The molecule has 0 aliphatic rings. The molecule has 0 aliphatic carbocycles. The van der Waals surface area contributed by atoms with Gasteiger partial charge in [0.1, 0.15) is 0 Å². The molecule has 1 atom stereocenters. The summed E-state index contributed by atoms with van der Waals surface area (Å²) in [5.41, 5.74) is 3.27. The third kappa shape index (κ3) is 5.31. The molecular formula is C19H20N4OS2. The van der Waals surface area contributed by atoms with Crippen LogP contribution in [-0.4, -0.2) is 21.9 Å². The Bertz CT molecular complexity index is 849. The van der Waals surface area contributed by atoms with Crippen molar-refractivity contribution >= 4 is 39.8 Å². The number of anilines is 2. The quantitative estimate of drug-likeness (QED) is 0.585. The molecule has 1 aromatic heterocycles. The number of thioether (sulfide) groups is 1. The van der Waals surface area contributed by atoms with Crippen LogP contribution in [0.25, 0.3) is 0 Å². The van der Waals surface area contributed by atoms with Gasteiger partial charge in [-0.2, -0.15) is 0 Å². The highest BCUT2D eigenvalue weighted by Crippen LogP contribution is 2.27. The second-order valence-electron chi connectivity index (χ2n) is 5.85. The number of carbonyl (C=O) groups is 1. The number of hydrogen-bond donors (Lipinski definition) is 2. The van der Waals surface area contributed by atoms with E-state index < -0.39 is 0 Å². The van der Waals surface area contributed by atoms with Crippen molar-refractivity contribution < 1.29 is 4.79 Å². The molecule has 26 heavy (non-hydrogen) atoms. The highest BCUT2D eigenvalue weighted by molar-refractivity contribution is 8.01. The molecule has 7 heteroatoms. The summed E-state index contributed by atoms with van der Waals surface area (Å²) in [6, 6.07) is 18.0. The standard InChI is InChI=1S/C19H20N4OS2/c1-13-8-10-16(11-9-13)21-18-22-23-19(26-18)25-12-17(24)20-14(2)15-6-4-3-5-7-15/h3-11,14H,12H2,1-2H3,(H,20,24)(H,21,22)/t14-/m1/s1. The molecule has 5 nitrogen and oxygen atoms in total. The fourth-order valence-electron chi connectivity index (χ4n) is 2.31. The van der Waals surface area contributed by atoms with Gasteiger partial charge in [0.25, 0.3) is 0 Å². The molecule has 3 aromatic rings. The Balaban J connectivity index is 1.48. The molecule has 0 saturated heterocycles. The van der Waals surface area contributed by atoms with Crippen molar-refractivity contribution in [1.29, 1.82) is 0 Å². The number of hydrogen-bond acceptors (Lipinski definition) is 6. The zero-order valence-corrected chi connectivity index (χ0v) is 16.2. The van der Waals surface area contributed by atoms with Crippen LogP contribution in [0.5, 0.6) is 0 Å². The van der Waals surface area contributed by atoms with Gasteiger partial charge >= 0.3 is 0 Å². The molecule has 0 saturated carbocycles. The van der Waals surface area contributed by atoms with E-state index in [0.717, 1.165) is 20.7 Å². The molecule has 0 aliphatic heterocycles. The normalized spacial score (nSPS) is 11.8. The van der Waals surface area contributed by atoms with E-state index in [0.29, 0.717) is 5.75 Å². The fraction of sp³-hybridized carbons (Fsp3) is 0.211. The first-order valence-corrected chi connectivity index (χ1v) is 10.0. The highest BCUT2D eigenvalue weighted by atomic mass is 32.2.